The van der Waals surface area contributed by atoms with Gasteiger partial charge in [0.25, 0.3) is 0 Å². The van der Waals surface area contributed by atoms with Crippen molar-refractivity contribution in [3.63, 3.8) is 0 Å². The van der Waals surface area contributed by atoms with E-state index in [2.05, 4.69) is 9.97 Å². The van der Waals surface area contributed by atoms with E-state index >= 15 is 0 Å². The van der Waals surface area contributed by atoms with Gasteiger partial charge in [-0.05, 0) is 38.7 Å². The smallest absolute Gasteiger partial charge is 0.341 e. The van der Waals surface area contributed by atoms with E-state index in [0.29, 0.717) is 30.2 Å². The van der Waals surface area contributed by atoms with Crippen molar-refractivity contribution < 1.29 is 9.59 Å². The van der Waals surface area contributed by atoms with Crippen LogP contribution in [-0.2, 0) is 16.0 Å². The van der Waals surface area contributed by atoms with Gasteiger partial charge in [0.1, 0.15) is 6.04 Å². The first kappa shape index (κ1) is 18.0. The number of hydrogen-bond acceptors (Lipinski definition) is 5. The number of aryl methyl sites for hydroxylation is 2. The van der Waals surface area contributed by atoms with Crippen LogP contribution in [0.15, 0.2) is 4.79 Å². The van der Waals surface area contributed by atoms with Crippen LogP contribution in [0.25, 0.3) is 0 Å². The van der Waals surface area contributed by atoms with E-state index in [-0.39, 0.29) is 23.5 Å². The molecule has 1 aromatic heterocycles. The number of nitrogens with zero attached hydrogens (tertiary/aromatic N) is 3. The summed E-state index contributed by atoms with van der Waals surface area (Å²) in [5, 5.41) is 0. The molecule has 0 aromatic carbocycles. The van der Waals surface area contributed by atoms with Gasteiger partial charge < -0.3 is 14.8 Å². The van der Waals surface area contributed by atoms with E-state index in [9.17, 15) is 14.4 Å². The van der Waals surface area contributed by atoms with E-state index in [0.717, 1.165) is 37.2 Å². The second-order valence-electron chi connectivity index (χ2n) is 6.64. The third-order valence-corrected chi connectivity index (χ3v) is 5.96. The van der Waals surface area contributed by atoms with E-state index in [1.807, 2.05) is 11.8 Å². The lowest BCUT2D eigenvalue weighted by Crippen LogP contribution is -2.48. The number of aromatic nitrogens is 2. The summed E-state index contributed by atoms with van der Waals surface area (Å²) in [6.45, 7) is 5.22. The Balaban J connectivity index is 1.64. The van der Waals surface area contributed by atoms with Gasteiger partial charge in [-0.3, -0.25) is 9.59 Å². The SMILES string of the molecule is Cc1nc(=O)[nH]c(C)c1CCC(=O)N1CSCC1C(=O)N1CCCC1. The lowest BCUT2D eigenvalue weighted by molar-refractivity contribution is -0.142. The molecule has 1 unspecified atom stereocenters. The maximum Gasteiger partial charge on any atom is 0.345 e. The van der Waals surface area contributed by atoms with Crippen LogP contribution in [0.4, 0.5) is 0 Å². The molecule has 3 rings (SSSR count). The fourth-order valence-corrected chi connectivity index (χ4v) is 4.71. The third kappa shape index (κ3) is 3.89. The molecule has 136 valence electrons. The summed E-state index contributed by atoms with van der Waals surface area (Å²) in [6, 6.07) is -0.327. The van der Waals surface area contributed by atoms with Gasteiger partial charge in [0.15, 0.2) is 0 Å². The Kier molecular flexibility index (Phi) is 5.46. The minimum atomic E-state index is -0.364. The Morgan fingerprint density at radius 1 is 1.28 bits per heavy atom. The van der Waals surface area contributed by atoms with E-state index in [1.54, 1.807) is 23.6 Å². The zero-order chi connectivity index (χ0) is 18.0. The fraction of sp³-hybridized carbons (Fsp3) is 0.647. The lowest BCUT2D eigenvalue weighted by Gasteiger charge is -2.27. The molecule has 1 atom stereocenters. The van der Waals surface area contributed by atoms with Crippen molar-refractivity contribution in [3.8, 4) is 0 Å². The van der Waals surface area contributed by atoms with Crippen LogP contribution in [0.2, 0.25) is 0 Å². The highest BCUT2D eigenvalue weighted by atomic mass is 32.2. The second-order valence-corrected chi connectivity index (χ2v) is 7.64. The number of amides is 2. The lowest BCUT2D eigenvalue weighted by atomic mass is 10.1. The number of H-pyrrole nitrogens is 1. The van der Waals surface area contributed by atoms with Gasteiger partial charge in [-0.15, -0.1) is 11.8 Å². The Bertz CT molecular complexity index is 701. The zero-order valence-corrected chi connectivity index (χ0v) is 15.5. The normalized spacial score (nSPS) is 20.3. The van der Waals surface area contributed by atoms with E-state index in [1.165, 1.54) is 0 Å². The molecule has 2 amide bonds. The average Bonchev–Trinajstić information content (AvgIpc) is 3.24. The fourth-order valence-electron chi connectivity index (χ4n) is 3.54. The van der Waals surface area contributed by atoms with Gasteiger partial charge in [0.2, 0.25) is 11.8 Å². The molecule has 1 N–H and O–H groups in total. The molecular formula is C17H24N4O3S. The van der Waals surface area contributed by atoms with Gasteiger partial charge in [0.05, 0.1) is 5.88 Å². The number of nitrogens with one attached hydrogen (secondary N) is 1. The largest absolute Gasteiger partial charge is 0.345 e. The van der Waals surface area contributed by atoms with Gasteiger partial charge in [-0.2, -0.15) is 4.98 Å². The predicted molar refractivity (Wildman–Crippen MR) is 96.4 cm³/mol. The number of rotatable bonds is 4. The number of aromatic amines is 1. The predicted octanol–water partition coefficient (Wildman–Crippen LogP) is 0.843. The highest BCUT2D eigenvalue weighted by Crippen LogP contribution is 2.25. The minimum absolute atomic E-state index is 0.00690. The van der Waals surface area contributed by atoms with Crippen molar-refractivity contribution in [2.75, 3.05) is 24.7 Å². The van der Waals surface area contributed by atoms with Crippen LogP contribution < -0.4 is 5.69 Å². The van der Waals surface area contributed by atoms with Gasteiger partial charge in [-0.1, -0.05) is 0 Å². The topological polar surface area (TPSA) is 86.4 Å². The molecule has 1 aromatic rings. The molecule has 0 spiro atoms. The minimum Gasteiger partial charge on any atom is -0.341 e. The second kappa shape index (κ2) is 7.59. The number of carbonyl (C=O) groups excluding carboxylic acids is 2. The maximum atomic E-state index is 12.7. The molecule has 2 saturated heterocycles. The summed E-state index contributed by atoms with van der Waals surface area (Å²) in [4.78, 5) is 46.9. The molecule has 25 heavy (non-hydrogen) atoms. The molecule has 0 aliphatic carbocycles. The van der Waals surface area contributed by atoms with Crippen molar-refractivity contribution in [2.45, 2.75) is 45.6 Å². The maximum absolute atomic E-state index is 12.7. The standard InChI is InChI=1S/C17H24N4O3S/c1-11-13(12(2)19-17(24)18-11)5-6-15(22)21-10-25-9-14(21)16(23)20-7-3-4-8-20/h14H,3-10H2,1-2H3,(H,18,19,24). The monoisotopic (exact) mass is 364 g/mol. The van der Waals surface area contributed by atoms with Crippen LogP contribution in [-0.4, -0.2) is 62.3 Å². The molecule has 0 radical (unpaired) electrons. The van der Waals surface area contributed by atoms with Gasteiger partial charge in [-0.25, -0.2) is 4.79 Å². The van der Waals surface area contributed by atoms with Crippen LogP contribution in [0, 0.1) is 13.8 Å². The molecule has 8 heteroatoms. The highest BCUT2D eigenvalue weighted by Gasteiger charge is 2.37. The molecule has 7 nitrogen and oxygen atoms in total. The first-order chi connectivity index (χ1) is 12.0. The summed E-state index contributed by atoms with van der Waals surface area (Å²) in [7, 11) is 0. The van der Waals surface area contributed by atoms with Gasteiger partial charge in [0, 0.05) is 36.7 Å². The van der Waals surface area contributed by atoms with E-state index in [4.69, 9.17) is 0 Å². The molecule has 2 aliphatic heterocycles. The van der Waals surface area contributed by atoms with Crippen molar-refractivity contribution in [1.82, 2.24) is 19.8 Å². The highest BCUT2D eigenvalue weighted by molar-refractivity contribution is 7.99. The Morgan fingerprint density at radius 3 is 2.68 bits per heavy atom. The Labute approximate surface area is 151 Å². The third-order valence-electron chi connectivity index (χ3n) is 4.95. The van der Waals surface area contributed by atoms with Crippen molar-refractivity contribution in [3.05, 3.63) is 27.4 Å². The average molecular weight is 364 g/mol. The van der Waals surface area contributed by atoms with Crippen LogP contribution in [0.3, 0.4) is 0 Å². The molecule has 0 saturated carbocycles. The van der Waals surface area contributed by atoms with E-state index < -0.39 is 0 Å². The number of thioether (sulfide) groups is 1. The zero-order valence-electron chi connectivity index (χ0n) is 14.7. The summed E-state index contributed by atoms with van der Waals surface area (Å²) in [5.41, 5.74) is 1.96. The number of carbonyl (C=O) groups is 2. The Hall–Kier alpha value is -1.83. The van der Waals surface area contributed by atoms with Crippen LogP contribution in [0.1, 0.15) is 36.2 Å². The van der Waals surface area contributed by atoms with Crippen molar-refractivity contribution >= 4 is 23.6 Å². The quantitative estimate of drug-likeness (QED) is 0.856. The van der Waals surface area contributed by atoms with Crippen LogP contribution in [0.5, 0.6) is 0 Å². The molecule has 2 fully saturated rings. The van der Waals surface area contributed by atoms with Crippen molar-refractivity contribution in [2.24, 2.45) is 0 Å². The first-order valence-electron chi connectivity index (χ1n) is 8.70. The number of hydrogen-bond donors (Lipinski definition) is 1. The molecule has 2 aliphatic rings. The molecule has 3 heterocycles. The van der Waals surface area contributed by atoms with Crippen LogP contribution >= 0.6 is 11.8 Å². The Morgan fingerprint density at radius 2 is 2.00 bits per heavy atom. The summed E-state index contributed by atoms with van der Waals surface area (Å²) >= 11 is 1.63. The summed E-state index contributed by atoms with van der Waals surface area (Å²) < 4.78 is 0. The van der Waals surface area contributed by atoms with Crippen molar-refractivity contribution in [1.29, 1.82) is 0 Å². The summed E-state index contributed by atoms with van der Waals surface area (Å²) in [6.07, 6.45) is 2.94. The number of likely N-dealkylation sites (tertiary alicyclic amines) is 1. The van der Waals surface area contributed by atoms with Gasteiger partial charge >= 0.3 is 5.69 Å². The molecular weight excluding hydrogens is 340 g/mol. The first-order valence-corrected chi connectivity index (χ1v) is 9.85. The summed E-state index contributed by atoms with van der Waals surface area (Å²) in [5.74, 6) is 1.34. The molecule has 0 bridgehead atoms.